The van der Waals surface area contributed by atoms with E-state index in [4.69, 9.17) is 19.3 Å². The first kappa shape index (κ1) is 22.7. The number of ether oxygens (including phenoxy) is 2. The van der Waals surface area contributed by atoms with E-state index >= 15 is 0 Å². The quantitative estimate of drug-likeness (QED) is 0.384. The van der Waals surface area contributed by atoms with E-state index in [0.717, 1.165) is 11.1 Å². The topological polar surface area (TPSA) is 105 Å². The van der Waals surface area contributed by atoms with Crippen LogP contribution in [-0.2, 0) is 31.8 Å². The highest BCUT2D eigenvalue weighted by molar-refractivity contribution is 7.46. The van der Waals surface area contributed by atoms with Crippen LogP contribution in [0.15, 0.2) is 60.7 Å². The number of hydrogen-bond acceptors (Lipinski definition) is 5. The highest BCUT2D eigenvalue weighted by Crippen LogP contribution is 2.40. The average Bonchev–Trinajstić information content (AvgIpc) is 2.64. The number of aliphatic hydroxyl groups is 1. The second-order valence-corrected chi connectivity index (χ2v) is 8.61. The summed E-state index contributed by atoms with van der Waals surface area (Å²) in [5.41, 5.74) is 0.880. The van der Waals surface area contributed by atoms with Crippen LogP contribution in [0.25, 0.3) is 0 Å². The lowest BCUT2D eigenvalue weighted by Gasteiger charge is -2.35. The molecule has 0 aliphatic carbocycles. The first-order chi connectivity index (χ1) is 13.1. The minimum Gasteiger partial charge on any atom is -0.343 e. The summed E-state index contributed by atoms with van der Waals surface area (Å²) in [6.45, 7) is 3.35. The largest absolute Gasteiger partial charge is 0.469 e. The summed E-state index contributed by atoms with van der Waals surface area (Å²) in [5.74, 6) is -1.96. The number of hydrogen-bond donors (Lipinski definition) is 3. The fourth-order valence-electron chi connectivity index (χ4n) is 2.60. The van der Waals surface area contributed by atoms with E-state index in [1.54, 1.807) is 13.8 Å². The normalized spacial score (nSPS) is 12.9. The van der Waals surface area contributed by atoms with Crippen LogP contribution in [0.5, 0.6) is 0 Å². The molecule has 0 bridgehead atoms. The Hall–Kier alpha value is -1.57. The van der Waals surface area contributed by atoms with Gasteiger partial charge in [0.15, 0.2) is 0 Å². The van der Waals surface area contributed by atoms with Gasteiger partial charge in [-0.25, -0.2) is 4.57 Å². The Morgan fingerprint density at radius 1 is 0.857 bits per heavy atom. The SMILES string of the molecule is CC(C)(COP(=O)(O)O)CC(O)(OCc1ccccc1)OCc1ccccc1. The highest BCUT2D eigenvalue weighted by atomic mass is 31.2. The molecule has 8 heteroatoms. The Morgan fingerprint density at radius 3 is 1.68 bits per heavy atom. The van der Waals surface area contributed by atoms with Crippen LogP contribution in [-0.4, -0.2) is 27.5 Å². The second kappa shape index (κ2) is 9.76. The predicted octanol–water partition coefficient (Wildman–Crippen LogP) is 3.59. The summed E-state index contributed by atoms with van der Waals surface area (Å²) in [6, 6.07) is 18.6. The summed E-state index contributed by atoms with van der Waals surface area (Å²) in [4.78, 5) is 17.9. The van der Waals surface area contributed by atoms with Crippen LogP contribution >= 0.6 is 7.82 Å². The standard InChI is InChI=1S/C20H27O7P/c1-19(2,16-27-28(22,23)24)15-20(21,25-13-17-9-5-3-6-10-17)26-14-18-11-7-4-8-12-18/h3-12,21H,13-16H2,1-2H3,(H2,22,23,24). The molecule has 0 amide bonds. The molecule has 2 rings (SSSR count). The van der Waals surface area contributed by atoms with E-state index in [2.05, 4.69) is 4.52 Å². The fraction of sp³-hybridized carbons (Fsp3) is 0.400. The van der Waals surface area contributed by atoms with Crippen molar-refractivity contribution in [1.29, 1.82) is 0 Å². The highest BCUT2D eigenvalue weighted by Gasteiger charge is 2.38. The van der Waals surface area contributed by atoms with Crippen LogP contribution in [0.2, 0.25) is 0 Å². The second-order valence-electron chi connectivity index (χ2n) is 7.37. The van der Waals surface area contributed by atoms with Crippen LogP contribution < -0.4 is 0 Å². The van der Waals surface area contributed by atoms with Gasteiger partial charge in [0.2, 0.25) is 0 Å². The van der Waals surface area contributed by atoms with Crippen molar-refractivity contribution in [2.45, 2.75) is 39.5 Å². The smallest absolute Gasteiger partial charge is 0.343 e. The molecule has 0 atom stereocenters. The maximum atomic E-state index is 11.0. The molecule has 0 aromatic heterocycles. The average molecular weight is 410 g/mol. The molecule has 3 N–H and O–H groups in total. The lowest BCUT2D eigenvalue weighted by molar-refractivity contribution is -0.381. The van der Waals surface area contributed by atoms with Gasteiger partial charge >= 0.3 is 7.82 Å². The van der Waals surface area contributed by atoms with E-state index in [1.807, 2.05) is 60.7 Å². The molecular formula is C20H27O7P. The van der Waals surface area contributed by atoms with Gasteiger partial charge in [0.05, 0.1) is 19.8 Å². The van der Waals surface area contributed by atoms with Gasteiger partial charge in [-0.3, -0.25) is 4.52 Å². The molecule has 2 aromatic carbocycles. The predicted molar refractivity (Wildman–Crippen MR) is 104 cm³/mol. The molecule has 2 aromatic rings. The minimum absolute atomic E-state index is 0.0559. The molecule has 0 aliphatic heterocycles. The number of benzene rings is 2. The summed E-state index contributed by atoms with van der Waals surface area (Å²) < 4.78 is 27.0. The third kappa shape index (κ3) is 8.63. The van der Waals surface area contributed by atoms with E-state index < -0.39 is 19.2 Å². The molecule has 0 unspecified atom stereocenters. The molecule has 0 heterocycles. The van der Waals surface area contributed by atoms with Gasteiger partial charge in [0.1, 0.15) is 0 Å². The maximum absolute atomic E-state index is 11.0. The van der Waals surface area contributed by atoms with Gasteiger partial charge in [-0.2, -0.15) is 0 Å². The van der Waals surface area contributed by atoms with Gasteiger partial charge in [-0.05, 0) is 16.5 Å². The Morgan fingerprint density at radius 2 is 1.29 bits per heavy atom. The van der Waals surface area contributed by atoms with Crippen molar-refractivity contribution in [3.8, 4) is 0 Å². The van der Waals surface area contributed by atoms with Gasteiger partial charge in [-0.1, -0.05) is 74.5 Å². The zero-order chi connectivity index (χ0) is 20.7. The fourth-order valence-corrected chi connectivity index (χ4v) is 3.12. The Balaban J connectivity index is 2.08. The van der Waals surface area contributed by atoms with Crippen molar-refractivity contribution in [2.75, 3.05) is 6.61 Å². The first-order valence-electron chi connectivity index (χ1n) is 8.85. The zero-order valence-electron chi connectivity index (χ0n) is 16.0. The number of phosphoric acid groups is 1. The molecule has 0 spiro atoms. The molecule has 0 aliphatic rings. The monoisotopic (exact) mass is 410 g/mol. The third-order valence-electron chi connectivity index (χ3n) is 3.94. The van der Waals surface area contributed by atoms with Crippen molar-refractivity contribution in [1.82, 2.24) is 0 Å². The van der Waals surface area contributed by atoms with Crippen molar-refractivity contribution in [2.24, 2.45) is 5.41 Å². The number of phosphoric ester groups is 1. The summed E-state index contributed by atoms with van der Waals surface area (Å²) >= 11 is 0. The molecule has 7 nitrogen and oxygen atoms in total. The maximum Gasteiger partial charge on any atom is 0.469 e. The molecular weight excluding hydrogens is 383 g/mol. The summed E-state index contributed by atoms with van der Waals surface area (Å²) in [7, 11) is -4.62. The Labute approximate surface area is 165 Å². The van der Waals surface area contributed by atoms with Crippen LogP contribution in [0, 0.1) is 5.41 Å². The molecule has 0 saturated heterocycles. The third-order valence-corrected chi connectivity index (χ3v) is 4.41. The zero-order valence-corrected chi connectivity index (χ0v) is 16.9. The van der Waals surface area contributed by atoms with E-state index in [-0.39, 0.29) is 26.2 Å². The number of rotatable bonds is 11. The van der Waals surface area contributed by atoms with Crippen molar-refractivity contribution in [3.05, 3.63) is 71.8 Å². The molecule has 154 valence electrons. The summed E-state index contributed by atoms with van der Waals surface area (Å²) in [5, 5.41) is 11.0. The van der Waals surface area contributed by atoms with Gasteiger partial charge < -0.3 is 24.4 Å². The van der Waals surface area contributed by atoms with Crippen molar-refractivity contribution < 1.29 is 33.5 Å². The molecule has 0 fully saturated rings. The molecule has 0 saturated carbocycles. The first-order valence-corrected chi connectivity index (χ1v) is 10.4. The lowest BCUT2D eigenvalue weighted by atomic mass is 9.89. The van der Waals surface area contributed by atoms with Gasteiger partial charge in [-0.15, -0.1) is 0 Å². The van der Waals surface area contributed by atoms with Crippen LogP contribution in [0.3, 0.4) is 0 Å². The van der Waals surface area contributed by atoms with Crippen LogP contribution in [0.1, 0.15) is 31.4 Å². The van der Waals surface area contributed by atoms with Gasteiger partial charge in [0.25, 0.3) is 5.97 Å². The summed E-state index contributed by atoms with van der Waals surface area (Å²) in [6.07, 6.45) is -0.0559. The van der Waals surface area contributed by atoms with Gasteiger partial charge in [0, 0.05) is 6.42 Å². The molecule has 0 radical (unpaired) electrons. The van der Waals surface area contributed by atoms with E-state index in [0.29, 0.717) is 0 Å². The van der Waals surface area contributed by atoms with Crippen molar-refractivity contribution >= 4 is 7.82 Å². The lowest BCUT2D eigenvalue weighted by Crippen LogP contribution is -2.41. The minimum atomic E-state index is -4.62. The Bertz CT molecular complexity index is 715. The Kier molecular flexibility index (Phi) is 7.92. The van der Waals surface area contributed by atoms with Crippen LogP contribution in [0.4, 0.5) is 0 Å². The van der Waals surface area contributed by atoms with E-state index in [9.17, 15) is 9.67 Å². The van der Waals surface area contributed by atoms with E-state index in [1.165, 1.54) is 0 Å². The van der Waals surface area contributed by atoms with Crippen molar-refractivity contribution in [3.63, 3.8) is 0 Å². The molecule has 28 heavy (non-hydrogen) atoms.